The van der Waals surface area contributed by atoms with Gasteiger partial charge >= 0.3 is 6.09 Å². The number of ether oxygens (including phenoxy) is 1. The van der Waals surface area contributed by atoms with Crippen molar-refractivity contribution in [3.8, 4) is 11.4 Å². The summed E-state index contributed by atoms with van der Waals surface area (Å²) in [5, 5.41) is 7.58. The fraction of sp³-hybridized carbons (Fsp3) is 0.615. The van der Waals surface area contributed by atoms with Gasteiger partial charge in [0.2, 0.25) is 5.91 Å². The van der Waals surface area contributed by atoms with E-state index in [1.165, 1.54) is 5.56 Å². The molecule has 0 radical (unpaired) electrons. The van der Waals surface area contributed by atoms with Gasteiger partial charge in [0.25, 0.3) is 0 Å². The van der Waals surface area contributed by atoms with E-state index in [9.17, 15) is 9.59 Å². The van der Waals surface area contributed by atoms with Crippen molar-refractivity contribution in [2.24, 2.45) is 13.0 Å². The summed E-state index contributed by atoms with van der Waals surface area (Å²) in [6, 6.07) is 8.23. The maximum atomic E-state index is 12.7. The quantitative estimate of drug-likeness (QED) is 0.618. The van der Waals surface area contributed by atoms with Crippen LogP contribution in [0, 0.1) is 12.8 Å². The topological polar surface area (TPSA) is 92.6 Å². The monoisotopic (exact) mass is 484 g/mol. The fourth-order valence-corrected chi connectivity index (χ4v) is 4.10. The lowest BCUT2D eigenvalue weighted by Crippen LogP contribution is -2.44. The van der Waals surface area contributed by atoms with Crippen LogP contribution in [0.3, 0.4) is 0 Å². The molecule has 0 saturated carbocycles. The summed E-state index contributed by atoms with van der Waals surface area (Å²) >= 11 is 0. The number of nitrogens with zero attached hydrogens (tertiary/aromatic N) is 5. The highest BCUT2D eigenvalue weighted by Crippen LogP contribution is 2.21. The van der Waals surface area contributed by atoms with Crippen LogP contribution in [0.1, 0.15) is 51.9 Å². The highest BCUT2D eigenvalue weighted by atomic mass is 16.6. The highest BCUT2D eigenvalue weighted by molar-refractivity contribution is 5.78. The van der Waals surface area contributed by atoms with Crippen molar-refractivity contribution in [3.05, 3.63) is 35.7 Å². The first-order valence-electron chi connectivity index (χ1n) is 12.5. The number of likely N-dealkylation sites (N-methyl/N-ethyl adjacent to an activating group) is 1. The average molecular weight is 485 g/mol. The lowest BCUT2D eigenvalue weighted by Gasteiger charge is -2.31. The molecular formula is C26H40N6O3. The Morgan fingerprint density at radius 1 is 1.17 bits per heavy atom. The molecule has 1 aromatic carbocycles. The summed E-state index contributed by atoms with van der Waals surface area (Å²) in [5.74, 6) is 1.71. The molecule has 0 spiro atoms. The molecular weight excluding hydrogens is 444 g/mol. The number of hydrogen-bond donors (Lipinski definition) is 1. The molecule has 0 unspecified atom stereocenters. The second kappa shape index (κ2) is 11.7. The third kappa shape index (κ3) is 7.78. The molecule has 1 aliphatic heterocycles. The van der Waals surface area contributed by atoms with Gasteiger partial charge in [-0.25, -0.2) is 9.78 Å². The lowest BCUT2D eigenvalue weighted by molar-refractivity contribution is -0.126. The Balaban J connectivity index is 1.43. The molecule has 1 saturated heterocycles. The zero-order chi connectivity index (χ0) is 25.6. The van der Waals surface area contributed by atoms with E-state index in [0.29, 0.717) is 26.2 Å². The van der Waals surface area contributed by atoms with E-state index in [4.69, 9.17) is 9.72 Å². The first-order valence-corrected chi connectivity index (χ1v) is 12.5. The number of amides is 2. The molecule has 9 heteroatoms. The molecule has 1 aliphatic rings. The fourth-order valence-electron chi connectivity index (χ4n) is 4.10. The number of piperidine rings is 1. The van der Waals surface area contributed by atoms with E-state index in [2.05, 4.69) is 34.4 Å². The molecule has 1 aromatic heterocycles. The number of aromatic nitrogens is 3. The standard InChI is InChI=1S/C26H40N6O3/c1-7-32(25(34)35-26(3,4)5)17-14-27-24(33)21-12-15-31(16-13-21)18-22-28-23(29-30(22)6)20-10-8-19(2)9-11-20/h8-11,21H,7,12-18H2,1-6H3,(H,27,33). The van der Waals surface area contributed by atoms with Crippen molar-refractivity contribution < 1.29 is 14.3 Å². The smallest absolute Gasteiger partial charge is 0.410 e. The summed E-state index contributed by atoms with van der Waals surface area (Å²) < 4.78 is 7.27. The van der Waals surface area contributed by atoms with Crippen molar-refractivity contribution in [2.75, 3.05) is 32.7 Å². The predicted octanol–water partition coefficient (Wildman–Crippen LogP) is 3.38. The molecule has 0 bridgehead atoms. The molecule has 192 valence electrons. The van der Waals surface area contributed by atoms with Gasteiger partial charge in [-0.15, -0.1) is 0 Å². The van der Waals surface area contributed by atoms with Crippen LogP contribution in [-0.2, 0) is 23.1 Å². The average Bonchev–Trinajstić information content (AvgIpc) is 3.16. The Hall–Kier alpha value is -2.94. The van der Waals surface area contributed by atoms with Gasteiger partial charge in [-0.05, 0) is 60.5 Å². The molecule has 2 aromatic rings. The number of rotatable bonds is 8. The van der Waals surface area contributed by atoms with Gasteiger partial charge in [-0.2, -0.15) is 5.10 Å². The molecule has 0 aliphatic carbocycles. The minimum absolute atomic E-state index is 0.00882. The maximum absolute atomic E-state index is 12.7. The molecule has 1 N–H and O–H groups in total. The Morgan fingerprint density at radius 3 is 2.43 bits per heavy atom. The number of benzene rings is 1. The second-order valence-corrected chi connectivity index (χ2v) is 10.2. The summed E-state index contributed by atoms with van der Waals surface area (Å²) in [7, 11) is 1.93. The second-order valence-electron chi connectivity index (χ2n) is 10.2. The summed E-state index contributed by atoms with van der Waals surface area (Å²) in [6.45, 7) is 13.3. The number of likely N-dealkylation sites (tertiary alicyclic amines) is 1. The number of carbonyl (C=O) groups is 2. The zero-order valence-electron chi connectivity index (χ0n) is 22.0. The third-order valence-corrected chi connectivity index (χ3v) is 6.20. The van der Waals surface area contributed by atoms with Crippen LogP contribution in [0.15, 0.2) is 24.3 Å². The number of hydrogen-bond acceptors (Lipinski definition) is 6. The van der Waals surface area contributed by atoms with Crippen LogP contribution < -0.4 is 5.32 Å². The molecule has 3 rings (SSSR count). The van der Waals surface area contributed by atoms with Crippen molar-refractivity contribution >= 4 is 12.0 Å². The van der Waals surface area contributed by atoms with Gasteiger partial charge in [0.05, 0.1) is 6.54 Å². The largest absolute Gasteiger partial charge is 0.444 e. The first-order chi connectivity index (χ1) is 16.6. The third-order valence-electron chi connectivity index (χ3n) is 6.20. The summed E-state index contributed by atoms with van der Waals surface area (Å²) in [5.41, 5.74) is 1.69. The minimum atomic E-state index is -0.533. The molecule has 0 atom stereocenters. The summed E-state index contributed by atoms with van der Waals surface area (Å²) in [4.78, 5) is 33.6. The van der Waals surface area contributed by atoms with Crippen molar-refractivity contribution in [1.82, 2.24) is 29.9 Å². The van der Waals surface area contributed by atoms with Gasteiger partial charge in [-0.1, -0.05) is 29.8 Å². The molecule has 9 nitrogen and oxygen atoms in total. The molecule has 1 fully saturated rings. The highest BCUT2D eigenvalue weighted by Gasteiger charge is 2.26. The van der Waals surface area contributed by atoms with Gasteiger partial charge < -0.3 is 15.0 Å². The van der Waals surface area contributed by atoms with E-state index >= 15 is 0 Å². The molecule has 2 heterocycles. The Bertz CT molecular complexity index is 988. The van der Waals surface area contributed by atoms with Crippen LogP contribution in [0.5, 0.6) is 0 Å². The zero-order valence-corrected chi connectivity index (χ0v) is 22.0. The van der Waals surface area contributed by atoms with Crippen molar-refractivity contribution in [3.63, 3.8) is 0 Å². The SMILES string of the molecule is CCN(CCNC(=O)C1CCN(Cc2nc(-c3ccc(C)cc3)nn2C)CC1)C(=O)OC(C)(C)C. The number of aryl methyl sites for hydroxylation is 2. The summed E-state index contributed by atoms with van der Waals surface area (Å²) in [6.07, 6.45) is 1.26. The van der Waals surface area contributed by atoms with Crippen LogP contribution in [0.4, 0.5) is 4.79 Å². The first kappa shape index (κ1) is 26.7. The number of nitrogens with one attached hydrogen (secondary N) is 1. The van der Waals surface area contributed by atoms with E-state index in [0.717, 1.165) is 43.1 Å². The van der Waals surface area contributed by atoms with Gasteiger partial charge in [-0.3, -0.25) is 14.4 Å². The number of carbonyl (C=O) groups excluding carboxylic acids is 2. The van der Waals surface area contributed by atoms with Crippen LogP contribution >= 0.6 is 0 Å². The molecule has 35 heavy (non-hydrogen) atoms. The van der Waals surface area contributed by atoms with E-state index < -0.39 is 5.60 Å². The van der Waals surface area contributed by atoms with Crippen molar-refractivity contribution in [1.29, 1.82) is 0 Å². The Kier molecular flexibility index (Phi) is 8.88. The van der Waals surface area contributed by atoms with E-state index in [-0.39, 0.29) is 17.9 Å². The Morgan fingerprint density at radius 2 is 1.83 bits per heavy atom. The van der Waals surface area contributed by atoms with Crippen LogP contribution in [0.2, 0.25) is 0 Å². The van der Waals surface area contributed by atoms with Gasteiger partial charge in [0.15, 0.2) is 5.82 Å². The van der Waals surface area contributed by atoms with Crippen molar-refractivity contribution in [2.45, 2.75) is 59.6 Å². The minimum Gasteiger partial charge on any atom is -0.444 e. The van der Waals surface area contributed by atoms with Gasteiger partial charge in [0.1, 0.15) is 11.4 Å². The van der Waals surface area contributed by atoms with Crippen LogP contribution in [0.25, 0.3) is 11.4 Å². The lowest BCUT2D eigenvalue weighted by atomic mass is 9.96. The van der Waals surface area contributed by atoms with Crippen LogP contribution in [-0.4, -0.2) is 74.9 Å². The molecule has 2 amide bonds. The van der Waals surface area contributed by atoms with E-state index in [1.807, 2.05) is 51.6 Å². The normalized spacial score (nSPS) is 15.1. The Labute approximate surface area is 208 Å². The van der Waals surface area contributed by atoms with Gasteiger partial charge in [0, 0.05) is 38.2 Å². The predicted molar refractivity (Wildman–Crippen MR) is 136 cm³/mol. The maximum Gasteiger partial charge on any atom is 0.410 e. The van der Waals surface area contributed by atoms with E-state index in [1.54, 1.807) is 4.90 Å².